The fraction of sp³-hybridized carbons (Fsp3) is 0.500. The van der Waals surface area contributed by atoms with Crippen LogP contribution in [0.1, 0.15) is 24.4 Å². The van der Waals surface area contributed by atoms with Gasteiger partial charge in [-0.1, -0.05) is 28.1 Å². The van der Waals surface area contributed by atoms with Crippen LogP contribution in [0.3, 0.4) is 0 Å². The van der Waals surface area contributed by atoms with Gasteiger partial charge in [0.2, 0.25) is 0 Å². The Morgan fingerprint density at radius 1 is 1.40 bits per heavy atom. The Morgan fingerprint density at radius 2 is 2.00 bits per heavy atom. The number of nitrogens with one attached hydrogen (secondary N) is 1. The monoisotopic (exact) mass is 268 g/mol. The van der Waals surface area contributed by atoms with Gasteiger partial charge in [0.25, 0.3) is 0 Å². The molecule has 0 aromatic heterocycles. The molecule has 0 radical (unpaired) electrons. The Hall–Kier alpha value is -0.380. The number of rotatable bonds is 4. The van der Waals surface area contributed by atoms with Crippen LogP contribution in [0.4, 0.5) is 0 Å². The molecule has 2 rings (SSSR count). The summed E-state index contributed by atoms with van der Waals surface area (Å²) in [6.45, 7) is 1.02. The van der Waals surface area contributed by atoms with Crippen molar-refractivity contribution in [2.45, 2.75) is 18.9 Å². The van der Waals surface area contributed by atoms with Crippen LogP contribution in [0.5, 0.6) is 0 Å². The van der Waals surface area contributed by atoms with Gasteiger partial charge in [-0.05, 0) is 37.6 Å². The highest BCUT2D eigenvalue weighted by molar-refractivity contribution is 9.10. The molecule has 1 aromatic carbocycles. The molecule has 1 aromatic rings. The van der Waals surface area contributed by atoms with Crippen molar-refractivity contribution >= 4 is 15.9 Å². The number of halogens is 1. The summed E-state index contributed by atoms with van der Waals surface area (Å²) in [5.74, 6) is 0. The van der Waals surface area contributed by atoms with Gasteiger partial charge >= 0.3 is 0 Å². The first-order valence-electron chi connectivity index (χ1n) is 5.34. The zero-order valence-corrected chi connectivity index (χ0v) is 10.5. The first kappa shape index (κ1) is 11.1. The molecule has 2 nitrogen and oxygen atoms in total. The van der Waals surface area contributed by atoms with Crippen LogP contribution in [0, 0.1) is 5.41 Å². The van der Waals surface area contributed by atoms with Gasteiger partial charge in [0, 0.05) is 22.5 Å². The minimum Gasteiger partial charge on any atom is -0.323 e. The van der Waals surface area contributed by atoms with Crippen molar-refractivity contribution in [2.75, 3.05) is 13.6 Å². The Morgan fingerprint density at radius 3 is 2.47 bits per heavy atom. The summed E-state index contributed by atoms with van der Waals surface area (Å²) in [4.78, 5) is 0. The smallest absolute Gasteiger partial charge is 0.0364 e. The molecule has 1 aliphatic rings. The van der Waals surface area contributed by atoms with Crippen LogP contribution in [-0.2, 0) is 0 Å². The normalized spacial score (nSPS) is 19.9. The summed E-state index contributed by atoms with van der Waals surface area (Å²) in [7, 11) is 1.99. The van der Waals surface area contributed by atoms with Crippen molar-refractivity contribution in [2.24, 2.45) is 11.1 Å². The number of hydrogen-bond acceptors (Lipinski definition) is 2. The minimum atomic E-state index is 0.165. The van der Waals surface area contributed by atoms with Crippen molar-refractivity contribution < 1.29 is 0 Å². The lowest BCUT2D eigenvalue weighted by atomic mass is 9.91. The van der Waals surface area contributed by atoms with Crippen molar-refractivity contribution in [3.05, 3.63) is 34.3 Å². The van der Waals surface area contributed by atoms with Crippen LogP contribution in [0.15, 0.2) is 28.7 Å². The molecule has 1 saturated carbocycles. The van der Waals surface area contributed by atoms with Gasteiger partial charge in [0.1, 0.15) is 0 Å². The molecule has 3 heteroatoms. The van der Waals surface area contributed by atoms with E-state index >= 15 is 0 Å². The van der Waals surface area contributed by atoms with Crippen LogP contribution >= 0.6 is 15.9 Å². The maximum absolute atomic E-state index is 6.32. The molecule has 0 saturated heterocycles. The lowest BCUT2D eigenvalue weighted by Gasteiger charge is -2.23. The highest BCUT2D eigenvalue weighted by atomic mass is 79.9. The van der Waals surface area contributed by atoms with E-state index in [1.807, 2.05) is 7.05 Å². The van der Waals surface area contributed by atoms with Crippen molar-refractivity contribution in [1.82, 2.24) is 5.32 Å². The molecule has 15 heavy (non-hydrogen) atoms. The summed E-state index contributed by atoms with van der Waals surface area (Å²) in [6.07, 6.45) is 2.48. The Labute approximate surface area is 99.4 Å². The summed E-state index contributed by atoms with van der Waals surface area (Å²) in [5.41, 5.74) is 7.87. The topological polar surface area (TPSA) is 38.0 Å². The maximum atomic E-state index is 6.32. The first-order chi connectivity index (χ1) is 7.18. The van der Waals surface area contributed by atoms with Gasteiger partial charge in [-0.2, -0.15) is 0 Å². The molecule has 0 heterocycles. The molecule has 1 fully saturated rings. The quantitative estimate of drug-likeness (QED) is 0.881. The van der Waals surface area contributed by atoms with Crippen LogP contribution in [0.2, 0.25) is 0 Å². The minimum absolute atomic E-state index is 0.165. The second-order valence-electron chi connectivity index (χ2n) is 4.42. The van der Waals surface area contributed by atoms with E-state index in [2.05, 4.69) is 45.5 Å². The van der Waals surface area contributed by atoms with Gasteiger partial charge in [0.15, 0.2) is 0 Å². The summed E-state index contributed by atoms with van der Waals surface area (Å²) in [6, 6.07) is 8.52. The van der Waals surface area contributed by atoms with E-state index in [9.17, 15) is 0 Å². The van der Waals surface area contributed by atoms with E-state index in [-0.39, 0.29) is 6.04 Å². The Bertz CT molecular complexity index is 330. The van der Waals surface area contributed by atoms with Crippen LogP contribution in [0.25, 0.3) is 0 Å². The molecule has 0 bridgehead atoms. The van der Waals surface area contributed by atoms with Crippen molar-refractivity contribution in [3.63, 3.8) is 0 Å². The van der Waals surface area contributed by atoms with E-state index in [4.69, 9.17) is 5.73 Å². The molecule has 0 aliphatic heterocycles. The van der Waals surface area contributed by atoms with Gasteiger partial charge < -0.3 is 11.1 Å². The molecule has 3 N–H and O–H groups in total. The Kier molecular flexibility index (Phi) is 3.14. The third-order valence-corrected chi connectivity index (χ3v) is 3.84. The average molecular weight is 269 g/mol. The second kappa shape index (κ2) is 4.24. The van der Waals surface area contributed by atoms with Gasteiger partial charge in [0.05, 0.1) is 0 Å². The predicted molar refractivity (Wildman–Crippen MR) is 66.7 cm³/mol. The van der Waals surface area contributed by atoms with E-state index in [1.165, 1.54) is 18.4 Å². The molecule has 1 unspecified atom stereocenters. The SMILES string of the molecule is CNCC1(C(N)c2ccc(Br)cc2)CC1. The van der Waals surface area contributed by atoms with Gasteiger partial charge in [-0.25, -0.2) is 0 Å². The average Bonchev–Trinajstić information content (AvgIpc) is 3.00. The van der Waals surface area contributed by atoms with E-state index in [0.29, 0.717) is 5.41 Å². The highest BCUT2D eigenvalue weighted by Crippen LogP contribution is 2.53. The van der Waals surface area contributed by atoms with Crippen molar-refractivity contribution in [3.8, 4) is 0 Å². The summed E-state index contributed by atoms with van der Waals surface area (Å²) < 4.78 is 1.11. The fourth-order valence-corrected chi connectivity index (χ4v) is 2.40. The molecule has 0 amide bonds. The predicted octanol–water partition coefficient (Wildman–Crippen LogP) is 2.45. The third kappa shape index (κ3) is 2.25. The molecule has 0 spiro atoms. The highest BCUT2D eigenvalue weighted by Gasteiger charge is 2.47. The largest absolute Gasteiger partial charge is 0.323 e. The number of nitrogens with two attached hydrogens (primary N) is 1. The molecular formula is C12H17BrN2. The molecule has 1 atom stereocenters. The summed E-state index contributed by atoms with van der Waals surface area (Å²) >= 11 is 3.44. The third-order valence-electron chi connectivity index (χ3n) is 3.31. The van der Waals surface area contributed by atoms with Crippen LogP contribution < -0.4 is 11.1 Å². The number of benzene rings is 1. The standard InChI is InChI=1S/C12H17BrN2/c1-15-8-12(6-7-12)11(14)9-2-4-10(13)5-3-9/h2-5,11,15H,6-8,14H2,1H3. The maximum Gasteiger partial charge on any atom is 0.0364 e. The van der Waals surface area contributed by atoms with Gasteiger partial charge in [-0.15, -0.1) is 0 Å². The summed E-state index contributed by atoms with van der Waals surface area (Å²) in [5, 5.41) is 3.24. The number of hydrogen-bond donors (Lipinski definition) is 2. The molecular weight excluding hydrogens is 252 g/mol. The Balaban J connectivity index is 2.13. The zero-order valence-electron chi connectivity index (χ0n) is 8.96. The lowest BCUT2D eigenvalue weighted by molar-refractivity contribution is 0.392. The zero-order chi connectivity index (χ0) is 10.9. The van der Waals surface area contributed by atoms with Gasteiger partial charge in [-0.3, -0.25) is 0 Å². The van der Waals surface area contributed by atoms with Crippen LogP contribution in [-0.4, -0.2) is 13.6 Å². The fourth-order valence-electron chi connectivity index (χ4n) is 2.13. The van der Waals surface area contributed by atoms with E-state index < -0.39 is 0 Å². The van der Waals surface area contributed by atoms with E-state index in [1.54, 1.807) is 0 Å². The van der Waals surface area contributed by atoms with Crippen molar-refractivity contribution in [1.29, 1.82) is 0 Å². The molecule has 1 aliphatic carbocycles. The lowest BCUT2D eigenvalue weighted by Crippen LogP contribution is -2.31. The molecule has 82 valence electrons. The first-order valence-corrected chi connectivity index (χ1v) is 6.13. The second-order valence-corrected chi connectivity index (χ2v) is 5.34. The van der Waals surface area contributed by atoms with E-state index in [0.717, 1.165) is 11.0 Å².